The van der Waals surface area contributed by atoms with Gasteiger partial charge in [-0.1, -0.05) is 25.5 Å². The van der Waals surface area contributed by atoms with Crippen LogP contribution in [0.2, 0.25) is 0 Å². The minimum atomic E-state index is -3.60. The first kappa shape index (κ1) is 17.4. The van der Waals surface area contributed by atoms with Crippen LogP contribution in [0.25, 0.3) is 6.08 Å². The highest BCUT2D eigenvalue weighted by Crippen LogP contribution is 2.18. The second-order valence-electron chi connectivity index (χ2n) is 5.01. The molecular formula is C15H21NO4S. The molecule has 0 bridgehead atoms. The number of carboxylic acid groups (broad SMARTS) is 1. The van der Waals surface area contributed by atoms with Gasteiger partial charge < -0.3 is 5.11 Å². The highest BCUT2D eigenvalue weighted by molar-refractivity contribution is 7.89. The van der Waals surface area contributed by atoms with Gasteiger partial charge in [-0.3, -0.25) is 0 Å². The molecule has 21 heavy (non-hydrogen) atoms. The molecule has 1 atom stereocenters. The number of hydrogen-bond acceptors (Lipinski definition) is 3. The molecule has 6 heteroatoms. The molecule has 2 N–H and O–H groups in total. The van der Waals surface area contributed by atoms with Crippen LogP contribution >= 0.6 is 0 Å². The fourth-order valence-corrected chi connectivity index (χ4v) is 3.56. The molecule has 1 unspecified atom stereocenters. The molecule has 1 aromatic rings. The summed E-state index contributed by atoms with van der Waals surface area (Å²) in [5.41, 5.74) is 1.16. The Labute approximate surface area is 125 Å². The maximum Gasteiger partial charge on any atom is 0.328 e. The van der Waals surface area contributed by atoms with Gasteiger partial charge in [-0.15, -0.1) is 0 Å². The van der Waals surface area contributed by atoms with Crippen LogP contribution < -0.4 is 4.72 Å². The molecule has 5 nitrogen and oxygen atoms in total. The predicted molar refractivity (Wildman–Crippen MR) is 82.5 cm³/mol. The molecule has 0 aromatic heterocycles. The first-order valence-corrected chi connectivity index (χ1v) is 8.28. The van der Waals surface area contributed by atoms with Crippen LogP contribution in [-0.4, -0.2) is 25.5 Å². The van der Waals surface area contributed by atoms with E-state index in [1.165, 1.54) is 12.1 Å². The van der Waals surface area contributed by atoms with Gasteiger partial charge in [0.05, 0.1) is 4.90 Å². The van der Waals surface area contributed by atoms with Crippen LogP contribution in [0.4, 0.5) is 0 Å². The highest BCUT2D eigenvalue weighted by atomic mass is 32.2. The van der Waals surface area contributed by atoms with Crippen LogP contribution in [0.3, 0.4) is 0 Å². The second kappa shape index (κ2) is 7.38. The summed E-state index contributed by atoms with van der Waals surface area (Å²) in [5, 5.41) is 8.62. The van der Waals surface area contributed by atoms with Crippen molar-refractivity contribution < 1.29 is 18.3 Å². The van der Waals surface area contributed by atoms with Gasteiger partial charge in [0.1, 0.15) is 0 Å². The van der Waals surface area contributed by atoms with E-state index in [0.29, 0.717) is 11.1 Å². The second-order valence-corrected chi connectivity index (χ2v) is 6.69. The Balaban J connectivity index is 3.10. The molecule has 0 heterocycles. The summed E-state index contributed by atoms with van der Waals surface area (Å²) in [5.74, 6) is -1.07. The van der Waals surface area contributed by atoms with Gasteiger partial charge in [0.25, 0.3) is 0 Å². The molecule has 1 aromatic carbocycles. The quantitative estimate of drug-likeness (QED) is 0.758. The van der Waals surface area contributed by atoms with Gasteiger partial charge in [-0.2, -0.15) is 0 Å². The first-order valence-electron chi connectivity index (χ1n) is 6.80. The first-order chi connectivity index (χ1) is 9.76. The largest absolute Gasteiger partial charge is 0.478 e. The minimum Gasteiger partial charge on any atom is -0.478 e. The van der Waals surface area contributed by atoms with E-state index in [0.717, 1.165) is 18.9 Å². The molecule has 0 saturated heterocycles. The molecular weight excluding hydrogens is 290 g/mol. The molecule has 116 valence electrons. The number of benzene rings is 1. The van der Waals surface area contributed by atoms with E-state index in [1.807, 2.05) is 13.8 Å². The van der Waals surface area contributed by atoms with Crippen molar-refractivity contribution in [3.63, 3.8) is 0 Å². The molecule has 0 aliphatic carbocycles. The lowest BCUT2D eigenvalue weighted by Crippen LogP contribution is -2.32. The van der Waals surface area contributed by atoms with E-state index in [4.69, 9.17) is 5.11 Å². The average Bonchev–Trinajstić information content (AvgIpc) is 2.37. The summed E-state index contributed by atoms with van der Waals surface area (Å²) in [7, 11) is -3.60. The fourth-order valence-electron chi connectivity index (χ4n) is 2.00. The summed E-state index contributed by atoms with van der Waals surface area (Å²) in [6.07, 6.45) is 4.01. The van der Waals surface area contributed by atoms with Crippen LogP contribution in [0.1, 0.15) is 37.8 Å². The third-order valence-electron chi connectivity index (χ3n) is 3.00. The number of sulfonamides is 1. The Morgan fingerprint density at radius 2 is 2.10 bits per heavy atom. The lowest BCUT2D eigenvalue weighted by atomic mass is 10.1. The van der Waals surface area contributed by atoms with E-state index < -0.39 is 16.0 Å². The Morgan fingerprint density at radius 1 is 1.43 bits per heavy atom. The molecule has 0 radical (unpaired) electrons. The zero-order chi connectivity index (χ0) is 16.0. The van der Waals surface area contributed by atoms with E-state index in [2.05, 4.69) is 4.72 Å². The van der Waals surface area contributed by atoms with Crippen molar-refractivity contribution in [1.82, 2.24) is 4.72 Å². The monoisotopic (exact) mass is 311 g/mol. The Bertz CT molecular complexity index is 635. The Kier molecular flexibility index (Phi) is 6.11. The zero-order valence-corrected chi connectivity index (χ0v) is 13.3. The topological polar surface area (TPSA) is 83.5 Å². The van der Waals surface area contributed by atoms with Crippen molar-refractivity contribution in [1.29, 1.82) is 0 Å². The summed E-state index contributed by atoms with van der Waals surface area (Å²) in [6.45, 7) is 5.53. The molecule has 1 rings (SSSR count). The van der Waals surface area contributed by atoms with E-state index in [-0.39, 0.29) is 10.9 Å². The average molecular weight is 311 g/mol. The van der Waals surface area contributed by atoms with Crippen molar-refractivity contribution in [3.05, 3.63) is 35.4 Å². The maximum absolute atomic E-state index is 12.4. The van der Waals surface area contributed by atoms with E-state index >= 15 is 0 Å². The van der Waals surface area contributed by atoms with Gasteiger partial charge in [-0.25, -0.2) is 17.9 Å². The minimum absolute atomic E-state index is 0.141. The van der Waals surface area contributed by atoms with Gasteiger partial charge >= 0.3 is 5.97 Å². The Morgan fingerprint density at radius 3 is 2.67 bits per heavy atom. The summed E-state index contributed by atoms with van der Waals surface area (Å²) >= 11 is 0. The van der Waals surface area contributed by atoms with Crippen LogP contribution in [0.15, 0.2) is 29.2 Å². The predicted octanol–water partition coefficient (Wildman–Crippen LogP) is 2.56. The molecule has 0 aliphatic rings. The highest BCUT2D eigenvalue weighted by Gasteiger charge is 2.19. The van der Waals surface area contributed by atoms with Gasteiger partial charge in [-0.05, 0) is 43.5 Å². The normalized spacial score (nSPS) is 13.5. The van der Waals surface area contributed by atoms with Crippen molar-refractivity contribution in [2.45, 2.75) is 44.6 Å². The number of aliphatic carboxylic acids is 1. The summed E-state index contributed by atoms with van der Waals surface area (Å²) < 4.78 is 27.4. The van der Waals surface area contributed by atoms with Crippen molar-refractivity contribution in [2.75, 3.05) is 0 Å². The third-order valence-corrected chi connectivity index (χ3v) is 4.73. The van der Waals surface area contributed by atoms with E-state index in [1.54, 1.807) is 19.1 Å². The fraction of sp³-hybridized carbons (Fsp3) is 0.400. The number of hydrogen-bond donors (Lipinski definition) is 2. The number of carbonyl (C=O) groups is 1. The number of aryl methyl sites for hydroxylation is 1. The van der Waals surface area contributed by atoms with Crippen LogP contribution in [-0.2, 0) is 14.8 Å². The number of rotatable bonds is 7. The van der Waals surface area contributed by atoms with Crippen molar-refractivity contribution >= 4 is 22.1 Å². The lowest BCUT2D eigenvalue weighted by molar-refractivity contribution is -0.131. The van der Waals surface area contributed by atoms with Gasteiger partial charge in [0.2, 0.25) is 10.0 Å². The molecule has 0 fully saturated rings. The SMILES string of the molecule is CCCC(C)NS(=O)(=O)c1cc(C=CC(=O)O)ccc1C. The van der Waals surface area contributed by atoms with E-state index in [9.17, 15) is 13.2 Å². The number of nitrogens with one attached hydrogen (secondary N) is 1. The standard InChI is InChI=1S/C15H21NO4S/c1-4-5-12(3)16-21(19,20)14-10-13(7-6-11(14)2)8-9-15(17)18/h6-10,12,16H,4-5H2,1-3H3,(H,17,18). The summed E-state index contributed by atoms with van der Waals surface area (Å²) in [4.78, 5) is 10.7. The van der Waals surface area contributed by atoms with Crippen LogP contribution in [0.5, 0.6) is 0 Å². The molecule has 0 saturated carbocycles. The van der Waals surface area contributed by atoms with Gasteiger partial charge in [0, 0.05) is 12.1 Å². The van der Waals surface area contributed by atoms with Gasteiger partial charge in [0.15, 0.2) is 0 Å². The smallest absolute Gasteiger partial charge is 0.328 e. The Hall–Kier alpha value is -1.66. The van der Waals surface area contributed by atoms with Crippen LogP contribution in [0, 0.1) is 6.92 Å². The van der Waals surface area contributed by atoms with Crippen molar-refractivity contribution in [3.8, 4) is 0 Å². The summed E-state index contributed by atoms with van der Waals surface area (Å²) in [6, 6.07) is 4.69. The molecule has 0 aliphatic heterocycles. The molecule has 0 spiro atoms. The number of carboxylic acids is 1. The maximum atomic E-state index is 12.4. The molecule has 0 amide bonds. The lowest BCUT2D eigenvalue weighted by Gasteiger charge is -2.15. The van der Waals surface area contributed by atoms with Crippen molar-refractivity contribution in [2.24, 2.45) is 0 Å². The third kappa shape index (κ3) is 5.32. The zero-order valence-electron chi connectivity index (χ0n) is 12.5.